The van der Waals surface area contributed by atoms with Crippen molar-refractivity contribution < 1.29 is 17.4 Å². The monoisotopic (exact) mass is 311 g/mol. The van der Waals surface area contributed by atoms with Gasteiger partial charge >= 0.3 is 5.51 Å². The molecule has 0 fully saturated rings. The molecule has 1 rings (SSSR count). The van der Waals surface area contributed by atoms with E-state index in [-0.39, 0.29) is 11.9 Å². The van der Waals surface area contributed by atoms with Crippen molar-refractivity contribution in [3.63, 3.8) is 0 Å². The Hall–Kier alpha value is -0.370. The minimum atomic E-state index is -4.21. The lowest BCUT2D eigenvalue weighted by atomic mass is 10.2. The lowest BCUT2D eigenvalue weighted by Gasteiger charge is -2.06. The van der Waals surface area contributed by atoms with Crippen molar-refractivity contribution in [1.82, 2.24) is 4.72 Å². The second kappa shape index (κ2) is 8.73. The number of benzene rings is 1. The molecule has 108 valence electrons. The first-order valence-corrected chi connectivity index (χ1v) is 7.37. The van der Waals surface area contributed by atoms with Gasteiger partial charge in [-0.15, -0.1) is 0 Å². The van der Waals surface area contributed by atoms with Crippen LogP contribution >= 0.6 is 24.0 Å². The number of hydrogen-bond donors (Lipinski definition) is 1. The molecule has 0 amide bonds. The first-order valence-electron chi connectivity index (χ1n) is 5.81. The molecule has 7 heteroatoms. The highest BCUT2D eigenvalue weighted by molar-refractivity contribution is 7.98. The summed E-state index contributed by atoms with van der Waals surface area (Å²) in [4.78, 5) is 1.02. The van der Waals surface area contributed by atoms with Crippen LogP contribution < -0.4 is 4.72 Å². The molecule has 2 nitrogen and oxygen atoms in total. The molecular formula is C12H16F3NOS2. The van der Waals surface area contributed by atoms with Crippen LogP contribution in [-0.2, 0) is 4.18 Å². The highest BCUT2D eigenvalue weighted by Gasteiger charge is 2.27. The van der Waals surface area contributed by atoms with Gasteiger partial charge in [0.2, 0.25) is 0 Å². The minimum absolute atomic E-state index is 0.200. The summed E-state index contributed by atoms with van der Waals surface area (Å²) in [7, 11) is 0. The Morgan fingerprint density at radius 1 is 1.16 bits per heavy atom. The maximum Gasteiger partial charge on any atom is 0.456 e. The van der Waals surface area contributed by atoms with E-state index < -0.39 is 5.51 Å². The predicted molar refractivity (Wildman–Crippen MR) is 73.9 cm³/mol. The molecule has 0 aromatic heterocycles. The summed E-state index contributed by atoms with van der Waals surface area (Å²) >= 11 is 1.09. The highest BCUT2D eigenvalue weighted by atomic mass is 32.2. The van der Waals surface area contributed by atoms with Crippen molar-refractivity contribution in [3.8, 4) is 0 Å². The normalized spacial score (nSPS) is 11.8. The Kier molecular flexibility index (Phi) is 7.67. The molecule has 0 spiro atoms. The lowest BCUT2D eigenvalue weighted by molar-refractivity contribution is -0.0335. The smallest absolute Gasteiger partial charge is 0.310 e. The van der Waals surface area contributed by atoms with Gasteiger partial charge in [0.15, 0.2) is 0 Å². The number of aryl methyl sites for hydroxylation is 1. The van der Waals surface area contributed by atoms with Crippen molar-refractivity contribution in [2.45, 2.75) is 30.2 Å². The average molecular weight is 311 g/mol. The summed E-state index contributed by atoms with van der Waals surface area (Å²) < 4.78 is 43.0. The standard InChI is InChI=1S/C12H16F3NOS2/c1-10-4-6-11(7-5-10)18-17-9-3-2-8-16-19-12(13,14)15/h4-7,16H,2-3,8-9H2,1H3. The van der Waals surface area contributed by atoms with Crippen LogP contribution in [0.15, 0.2) is 29.2 Å². The second-order valence-electron chi connectivity index (χ2n) is 3.87. The maximum atomic E-state index is 11.8. The molecule has 1 N–H and O–H groups in total. The van der Waals surface area contributed by atoms with Crippen molar-refractivity contribution in [2.75, 3.05) is 13.2 Å². The van der Waals surface area contributed by atoms with Crippen molar-refractivity contribution >= 4 is 24.0 Å². The zero-order valence-corrected chi connectivity index (χ0v) is 12.1. The average Bonchev–Trinajstić information content (AvgIpc) is 2.33. The lowest BCUT2D eigenvalue weighted by Crippen LogP contribution is -2.14. The molecule has 0 radical (unpaired) electrons. The van der Waals surface area contributed by atoms with Gasteiger partial charge in [0.1, 0.15) is 0 Å². The van der Waals surface area contributed by atoms with E-state index in [0.29, 0.717) is 19.6 Å². The summed E-state index contributed by atoms with van der Waals surface area (Å²) in [6.07, 6.45) is 1.38. The van der Waals surface area contributed by atoms with Gasteiger partial charge < -0.3 is 4.18 Å². The fraction of sp³-hybridized carbons (Fsp3) is 0.500. The van der Waals surface area contributed by atoms with Gasteiger partial charge in [0.05, 0.1) is 6.61 Å². The molecule has 0 unspecified atom stereocenters. The van der Waals surface area contributed by atoms with Crippen molar-refractivity contribution in [1.29, 1.82) is 0 Å². The number of nitrogens with one attached hydrogen (secondary N) is 1. The van der Waals surface area contributed by atoms with Crippen LogP contribution in [0.3, 0.4) is 0 Å². The molecule has 0 heterocycles. The van der Waals surface area contributed by atoms with Crippen LogP contribution in [0.2, 0.25) is 0 Å². The summed E-state index contributed by atoms with van der Waals surface area (Å²) in [6.45, 7) is 2.86. The fourth-order valence-corrected chi connectivity index (χ4v) is 2.19. The Bertz CT molecular complexity index is 357. The van der Waals surface area contributed by atoms with E-state index >= 15 is 0 Å². The molecule has 0 aliphatic carbocycles. The van der Waals surface area contributed by atoms with E-state index in [1.165, 1.54) is 17.6 Å². The molecule has 0 bridgehead atoms. The largest absolute Gasteiger partial charge is 0.456 e. The maximum absolute atomic E-state index is 11.8. The van der Waals surface area contributed by atoms with Gasteiger partial charge in [-0.1, -0.05) is 17.7 Å². The van der Waals surface area contributed by atoms with Crippen LogP contribution in [0.5, 0.6) is 0 Å². The zero-order chi connectivity index (χ0) is 14.1. The number of halogens is 3. The summed E-state index contributed by atoms with van der Waals surface area (Å²) in [5.41, 5.74) is -3.02. The Morgan fingerprint density at radius 2 is 1.84 bits per heavy atom. The van der Waals surface area contributed by atoms with E-state index in [9.17, 15) is 13.2 Å². The van der Waals surface area contributed by atoms with Crippen LogP contribution in [-0.4, -0.2) is 18.7 Å². The number of hydrogen-bond acceptors (Lipinski definition) is 4. The molecule has 0 atom stereocenters. The van der Waals surface area contributed by atoms with Gasteiger partial charge in [0.25, 0.3) is 0 Å². The second-order valence-corrected chi connectivity index (χ2v) is 5.70. The molecule has 0 aliphatic rings. The van der Waals surface area contributed by atoms with Gasteiger partial charge in [-0.05, 0) is 31.9 Å². The van der Waals surface area contributed by atoms with Crippen molar-refractivity contribution in [2.24, 2.45) is 0 Å². The number of unbranched alkanes of at least 4 members (excludes halogenated alkanes) is 1. The third-order valence-electron chi connectivity index (χ3n) is 2.12. The van der Waals surface area contributed by atoms with Crippen LogP contribution in [0, 0.1) is 6.92 Å². The van der Waals surface area contributed by atoms with Crippen molar-refractivity contribution in [3.05, 3.63) is 29.8 Å². The summed E-state index contributed by atoms with van der Waals surface area (Å²) in [5, 5.41) is 0. The third-order valence-corrected chi connectivity index (χ3v) is 3.45. The summed E-state index contributed by atoms with van der Waals surface area (Å²) in [5.74, 6) is 0. The van der Waals surface area contributed by atoms with Gasteiger partial charge in [-0.3, -0.25) is 4.72 Å². The van der Waals surface area contributed by atoms with Crippen LogP contribution in [0.4, 0.5) is 13.2 Å². The van der Waals surface area contributed by atoms with Gasteiger partial charge in [-0.2, -0.15) is 13.2 Å². The minimum Gasteiger partial charge on any atom is -0.310 e. The Labute approximate surface area is 119 Å². The fourth-order valence-electron chi connectivity index (χ4n) is 1.19. The highest BCUT2D eigenvalue weighted by Crippen LogP contribution is 2.27. The molecular weight excluding hydrogens is 295 g/mol. The number of rotatable bonds is 8. The third kappa shape index (κ3) is 9.21. The Morgan fingerprint density at radius 3 is 2.47 bits per heavy atom. The first-order chi connectivity index (χ1) is 8.97. The zero-order valence-electron chi connectivity index (χ0n) is 10.5. The predicted octanol–water partition coefficient (Wildman–Crippen LogP) is 4.56. The molecule has 0 saturated heterocycles. The van der Waals surface area contributed by atoms with Crippen LogP contribution in [0.1, 0.15) is 18.4 Å². The van der Waals surface area contributed by atoms with E-state index in [4.69, 9.17) is 4.18 Å². The van der Waals surface area contributed by atoms with E-state index in [2.05, 4.69) is 4.72 Å². The van der Waals surface area contributed by atoms with Gasteiger partial charge in [0, 0.05) is 35.4 Å². The quantitative estimate of drug-likeness (QED) is 0.431. The molecule has 0 saturated carbocycles. The van der Waals surface area contributed by atoms with E-state index in [1.54, 1.807) is 0 Å². The first kappa shape index (κ1) is 16.7. The molecule has 19 heavy (non-hydrogen) atoms. The molecule has 1 aromatic carbocycles. The SMILES string of the molecule is Cc1ccc(SOCCCCNSC(F)(F)F)cc1. The van der Waals surface area contributed by atoms with Crippen LogP contribution in [0.25, 0.3) is 0 Å². The van der Waals surface area contributed by atoms with E-state index in [0.717, 1.165) is 11.3 Å². The van der Waals surface area contributed by atoms with Gasteiger partial charge in [-0.25, -0.2) is 0 Å². The number of alkyl halides is 3. The summed E-state index contributed by atoms with van der Waals surface area (Å²) in [6, 6.07) is 7.96. The Balaban J connectivity index is 1.95. The topological polar surface area (TPSA) is 21.3 Å². The molecule has 1 aromatic rings. The van der Waals surface area contributed by atoms with E-state index in [1.807, 2.05) is 31.2 Å². The molecule has 0 aliphatic heterocycles.